The van der Waals surface area contributed by atoms with Gasteiger partial charge in [0, 0.05) is 5.69 Å². The third kappa shape index (κ3) is 4.15. The first-order valence-electron chi connectivity index (χ1n) is 11.0. The second kappa shape index (κ2) is 9.13. The monoisotopic (exact) mass is 443 g/mol. The van der Waals surface area contributed by atoms with Crippen LogP contribution in [-0.4, -0.2) is 27.4 Å². The molecule has 0 radical (unpaired) electrons. The highest BCUT2D eigenvalue weighted by Crippen LogP contribution is 2.49. The van der Waals surface area contributed by atoms with E-state index in [0.717, 1.165) is 17.0 Å². The molecule has 4 nitrogen and oxygen atoms in total. The molecule has 0 bridgehead atoms. The lowest BCUT2D eigenvalue weighted by Gasteiger charge is -2.53. The Morgan fingerprint density at radius 3 is 1.84 bits per heavy atom. The van der Waals surface area contributed by atoms with Crippen LogP contribution < -0.4 is 9.64 Å². The number of carbonyl (C=O) groups excluding carboxylic acids is 1. The third-order valence-electron chi connectivity index (χ3n) is 6.65. The number of β-lactam (4-membered cyclic amide) rings is 1. The lowest BCUT2D eigenvalue weighted by molar-refractivity contribution is -0.136. The van der Waals surface area contributed by atoms with Crippen molar-refractivity contribution in [3.63, 3.8) is 0 Å². The molecular weight excluding hydrogens is 409 g/mol. The Labute approximate surface area is 186 Å². The van der Waals surface area contributed by atoms with Crippen molar-refractivity contribution >= 4 is 19.9 Å². The van der Waals surface area contributed by atoms with Crippen LogP contribution in [0.3, 0.4) is 0 Å². The van der Waals surface area contributed by atoms with Gasteiger partial charge in [-0.25, -0.2) is 4.39 Å². The van der Waals surface area contributed by atoms with Crippen molar-refractivity contribution in [2.45, 2.75) is 70.3 Å². The number of halogens is 1. The Balaban J connectivity index is 2.02. The highest BCUT2D eigenvalue weighted by Gasteiger charge is 2.56. The van der Waals surface area contributed by atoms with Gasteiger partial charge in [0.2, 0.25) is 8.32 Å². The van der Waals surface area contributed by atoms with E-state index in [9.17, 15) is 9.18 Å². The Bertz CT molecular complexity index is 874. The summed E-state index contributed by atoms with van der Waals surface area (Å²) in [5.41, 5.74) is 2.75. The predicted octanol–water partition coefficient (Wildman–Crippen LogP) is 6.48. The zero-order valence-corrected chi connectivity index (χ0v) is 20.6. The molecule has 6 heteroatoms. The molecule has 1 saturated heterocycles. The largest absolute Gasteiger partial charge is 0.497 e. The first-order valence-corrected chi connectivity index (χ1v) is 13.2. The fourth-order valence-corrected chi connectivity index (χ4v) is 10.7. The van der Waals surface area contributed by atoms with E-state index in [1.165, 1.54) is 12.1 Å². The number of rotatable bonds is 8. The van der Waals surface area contributed by atoms with E-state index in [2.05, 4.69) is 41.5 Å². The van der Waals surface area contributed by atoms with Crippen molar-refractivity contribution < 1.29 is 18.3 Å². The molecule has 168 valence electrons. The zero-order valence-electron chi connectivity index (χ0n) is 19.6. The molecule has 0 aliphatic carbocycles. The first kappa shape index (κ1) is 23.5. The number of amides is 1. The van der Waals surface area contributed by atoms with Crippen molar-refractivity contribution in [3.8, 4) is 5.75 Å². The number of carbonyl (C=O) groups is 1. The van der Waals surface area contributed by atoms with Crippen molar-refractivity contribution in [2.75, 3.05) is 12.0 Å². The molecule has 3 rings (SSSR count). The molecule has 2 unspecified atom stereocenters. The molecule has 1 aliphatic heterocycles. The molecule has 1 fully saturated rings. The van der Waals surface area contributed by atoms with Gasteiger partial charge >= 0.3 is 0 Å². The van der Waals surface area contributed by atoms with Crippen LogP contribution in [0.4, 0.5) is 10.1 Å². The minimum Gasteiger partial charge on any atom is -0.497 e. The molecule has 31 heavy (non-hydrogen) atoms. The molecular formula is C25H34FNO3Si. The summed E-state index contributed by atoms with van der Waals surface area (Å²) in [6.45, 7) is 13.3. The van der Waals surface area contributed by atoms with Crippen molar-refractivity contribution in [1.29, 1.82) is 0 Å². The number of hydrogen-bond acceptors (Lipinski definition) is 3. The van der Waals surface area contributed by atoms with E-state index in [4.69, 9.17) is 9.16 Å². The smallest absolute Gasteiger partial charge is 0.258 e. The summed E-state index contributed by atoms with van der Waals surface area (Å²) in [6, 6.07) is 13.5. The highest BCUT2D eigenvalue weighted by atomic mass is 28.4. The van der Waals surface area contributed by atoms with Crippen LogP contribution in [0.1, 0.15) is 53.1 Å². The standard InChI is InChI=1S/C25H34FNO3Si/c1-16(2)31(17(3)4,18(5)6)30-24-23(19-8-10-20(26)11-9-19)27(25(24)28)21-12-14-22(29-7)15-13-21/h8-18,23-24H,1-7H3. The van der Waals surface area contributed by atoms with Crippen LogP contribution in [0, 0.1) is 5.82 Å². The van der Waals surface area contributed by atoms with E-state index in [1.54, 1.807) is 24.1 Å². The van der Waals surface area contributed by atoms with Crippen LogP contribution in [0.5, 0.6) is 5.75 Å². The Kier molecular flexibility index (Phi) is 6.91. The zero-order chi connectivity index (χ0) is 22.9. The average Bonchev–Trinajstić information content (AvgIpc) is 2.72. The summed E-state index contributed by atoms with van der Waals surface area (Å²) in [6.07, 6.45) is -0.563. The van der Waals surface area contributed by atoms with E-state index in [1.807, 2.05) is 24.3 Å². The predicted molar refractivity (Wildman–Crippen MR) is 126 cm³/mol. The minimum atomic E-state index is -2.27. The van der Waals surface area contributed by atoms with Crippen LogP contribution >= 0.6 is 0 Å². The Hall–Kier alpha value is -2.18. The van der Waals surface area contributed by atoms with Gasteiger partial charge < -0.3 is 9.16 Å². The fraction of sp³-hybridized carbons (Fsp3) is 0.480. The highest BCUT2D eigenvalue weighted by molar-refractivity contribution is 6.77. The Morgan fingerprint density at radius 2 is 1.39 bits per heavy atom. The lowest BCUT2D eigenvalue weighted by atomic mass is 9.90. The van der Waals surface area contributed by atoms with Gasteiger partial charge in [0.05, 0.1) is 13.2 Å². The van der Waals surface area contributed by atoms with E-state index in [0.29, 0.717) is 16.6 Å². The van der Waals surface area contributed by atoms with Crippen molar-refractivity contribution in [2.24, 2.45) is 0 Å². The molecule has 1 aliphatic rings. The number of ether oxygens (including phenoxy) is 1. The first-order chi connectivity index (χ1) is 14.6. The quantitative estimate of drug-likeness (QED) is 0.346. The average molecular weight is 444 g/mol. The molecule has 0 saturated carbocycles. The maximum atomic E-state index is 13.6. The summed E-state index contributed by atoms with van der Waals surface area (Å²) in [4.78, 5) is 15.2. The summed E-state index contributed by atoms with van der Waals surface area (Å²) >= 11 is 0. The molecule has 1 heterocycles. The maximum Gasteiger partial charge on any atom is 0.258 e. The van der Waals surface area contributed by atoms with Crippen LogP contribution in [0.15, 0.2) is 48.5 Å². The van der Waals surface area contributed by atoms with Crippen LogP contribution in [-0.2, 0) is 9.22 Å². The molecule has 2 aromatic rings. The van der Waals surface area contributed by atoms with Gasteiger partial charge in [-0.1, -0.05) is 53.7 Å². The van der Waals surface area contributed by atoms with Crippen LogP contribution in [0.2, 0.25) is 16.6 Å². The number of methoxy groups -OCH3 is 1. The lowest BCUT2D eigenvalue weighted by Crippen LogP contribution is -2.65. The second-order valence-electron chi connectivity index (χ2n) is 9.26. The molecule has 1 amide bonds. The Morgan fingerprint density at radius 1 is 0.871 bits per heavy atom. The summed E-state index contributed by atoms with van der Waals surface area (Å²) in [5, 5.41) is 0. The molecule has 2 atom stereocenters. The molecule has 0 spiro atoms. The summed E-state index contributed by atoms with van der Waals surface area (Å²) in [7, 11) is -0.661. The number of nitrogens with zero attached hydrogens (tertiary/aromatic N) is 1. The van der Waals surface area contributed by atoms with Crippen molar-refractivity contribution in [1.82, 2.24) is 0 Å². The fourth-order valence-electron chi connectivity index (χ4n) is 5.22. The van der Waals surface area contributed by atoms with Gasteiger partial charge in [-0.15, -0.1) is 0 Å². The second-order valence-corrected chi connectivity index (χ2v) is 14.7. The normalized spacial score (nSPS) is 19.3. The van der Waals surface area contributed by atoms with Gasteiger partial charge in [-0.2, -0.15) is 0 Å². The summed E-state index contributed by atoms with van der Waals surface area (Å²) < 4.78 is 25.8. The van der Waals surface area contributed by atoms with Gasteiger partial charge in [-0.3, -0.25) is 9.69 Å². The number of hydrogen-bond donors (Lipinski definition) is 0. The minimum absolute atomic E-state index is 0.0432. The molecule has 0 N–H and O–H groups in total. The third-order valence-corrected chi connectivity index (χ3v) is 12.7. The maximum absolute atomic E-state index is 13.6. The van der Waals surface area contributed by atoms with Gasteiger partial charge in [-0.05, 0) is 58.6 Å². The van der Waals surface area contributed by atoms with Crippen LogP contribution in [0.25, 0.3) is 0 Å². The van der Waals surface area contributed by atoms with Gasteiger partial charge in [0.15, 0.2) is 0 Å². The number of anilines is 1. The molecule has 0 aromatic heterocycles. The summed E-state index contributed by atoms with van der Waals surface area (Å²) in [5.74, 6) is 0.394. The van der Waals surface area contributed by atoms with E-state index < -0.39 is 14.4 Å². The van der Waals surface area contributed by atoms with E-state index >= 15 is 0 Å². The number of benzene rings is 2. The SMILES string of the molecule is COc1ccc(N2C(=O)C(O[Si](C(C)C)(C(C)C)C(C)C)C2c2ccc(F)cc2)cc1. The van der Waals surface area contributed by atoms with Gasteiger partial charge in [0.1, 0.15) is 17.7 Å². The molecule has 2 aromatic carbocycles. The van der Waals surface area contributed by atoms with Crippen molar-refractivity contribution in [3.05, 3.63) is 59.9 Å². The topological polar surface area (TPSA) is 38.8 Å². The van der Waals surface area contributed by atoms with E-state index in [-0.39, 0.29) is 17.8 Å². The van der Waals surface area contributed by atoms with Gasteiger partial charge in [0.25, 0.3) is 5.91 Å².